The van der Waals surface area contributed by atoms with Crippen molar-refractivity contribution < 1.29 is 0 Å². The Balaban J connectivity index is 2.00. The van der Waals surface area contributed by atoms with Crippen LogP contribution in [0.5, 0.6) is 0 Å². The molecule has 3 aromatic rings. The van der Waals surface area contributed by atoms with Crippen LogP contribution in [-0.4, -0.2) is 9.97 Å². The van der Waals surface area contributed by atoms with Crippen molar-refractivity contribution in [3.05, 3.63) is 71.4 Å². The number of hydrogen-bond acceptors (Lipinski definition) is 2. The van der Waals surface area contributed by atoms with Crippen molar-refractivity contribution in [1.29, 1.82) is 0 Å². The van der Waals surface area contributed by atoms with E-state index >= 15 is 0 Å². The molecule has 116 valence electrons. The lowest BCUT2D eigenvalue weighted by Crippen LogP contribution is -1.95. The first-order valence-corrected chi connectivity index (χ1v) is 8.24. The van der Waals surface area contributed by atoms with Crippen molar-refractivity contribution in [2.75, 3.05) is 0 Å². The third kappa shape index (κ3) is 3.48. The predicted octanol–water partition coefficient (Wildman–Crippen LogP) is 5.24. The highest BCUT2D eigenvalue weighted by atomic mass is 14.9. The van der Waals surface area contributed by atoms with E-state index in [4.69, 9.17) is 4.98 Å². The van der Waals surface area contributed by atoms with Gasteiger partial charge in [-0.15, -0.1) is 0 Å². The van der Waals surface area contributed by atoms with Crippen LogP contribution in [0.15, 0.2) is 54.6 Å². The molecule has 0 spiro atoms. The molecule has 0 saturated heterocycles. The van der Waals surface area contributed by atoms with Crippen molar-refractivity contribution >= 4 is 0 Å². The van der Waals surface area contributed by atoms with E-state index in [0.717, 1.165) is 41.2 Å². The van der Waals surface area contributed by atoms with Gasteiger partial charge in [-0.1, -0.05) is 62.4 Å². The van der Waals surface area contributed by atoms with Crippen molar-refractivity contribution in [1.82, 2.24) is 9.97 Å². The normalized spacial score (nSPS) is 10.7. The molecule has 0 fully saturated rings. The molecule has 0 aliphatic rings. The van der Waals surface area contributed by atoms with Crippen LogP contribution < -0.4 is 0 Å². The minimum absolute atomic E-state index is 0.794. The van der Waals surface area contributed by atoms with Crippen molar-refractivity contribution in [2.45, 2.75) is 33.6 Å². The Labute approximate surface area is 138 Å². The minimum Gasteiger partial charge on any atom is -0.233 e. The fourth-order valence-electron chi connectivity index (χ4n) is 2.65. The first-order valence-electron chi connectivity index (χ1n) is 8.24. The van der Waals surface area contributed by atoms with Gasteiger partial charge in [0, 0.05) is 16.8 Å². The maximum atomic E-state index is 4.77. The van der Waals surface area contributed by atoms with Crippen LogP contribution in [-0.2, 0) is 12.8 Å². The van der Waals surface area contributed by atoms with Gasteiger partial charge >= 0.3 is 0 Å². The van der Waals surface area contributed by atoms with E-state index in [0.29, 0.717) is 0 Å². The van der Waals surface area contributed by atoms with Crippen LogP contribution in [0.25, 0.3) is 22.6 Å². The second kappa shape index (κ2) is 6.74. The van der Waals surface area contributed by atoms with E-state index in [-0.39, 0.29) is 0 Å². The van der Waals surface area contributed by atoms with E-state index in [1.54, 1.807) is 0 Å². The molecule has 0 aliphatic heterocycles. The summed E-state index contributed by atoms with van der Waals surface area (Å²) in [4.78, 5) is 9.38. The Bertz CT molecular complexity index is 721. The molecule has 1 heterocycles. The topological polar surface area (TPSA) is 25.8 Å². The van der Waals surface area contributed by atoms with Gasteiger partial charge in [0.2, 0.25) is 0 Å². The number of aromatic nitrogens is 2. The van der Waals surface area contributed by atoms with E-state index < -0.39 is 0 Å². The summed E-state index contributed by atoms with van der Waals surface area (Å²) in [5.41, 5.74) is 6.85. The first kappa shape index (κ1) is 15.4. The van der Waals surface area contributed by atoms with Gasteiger partial charge in [-0.05, 0) is 37.0 Å². The van der Waals surface area contributed by atoms with Gasteiger partial charge in [-0.25, -0.2) is 9.97 Å². The highest BCUT2D eigenvalue weighted by Gasteiger charge is 2.07. The monoisotopic (exact) mass is 302 g/mol. The van der Waals surface area contributed by atoms with Crippen LogP contribution in [0, 0.1) is 6.92 Å². The Hall–Kier alpha value is -2.48. The number of aryl methyl sites for hydroxylation is 3. The molecule has 0 aliphatic carbocycles. The fourth-order valence-corrected chi connectivity index (χ4v) is 2.65. The van der Waals surface area contributed by atoms with E-state index in [9.17, 15) is 0 Å². The lowest BCUT2D eigenvalue weighted by molar-refractivity contribution is 1.10. The fraction of sp³-hybridized carbons (Fsp3) is 0.238. The molecule has 0 atom stereocenters. The number of rotatable bonds is 4. The van der Waals surface area contributed by atoms with Crippen molar-refractivity contribution in [2.24, 2.45) is 0 Å². The average Bonchev–Trinajstić information content (AvgIpc) is 2.61. The molecule has 23 heavy (non-hydrogen) atoms. The van der Waals surface area contributed by atoms with Crippen LogP contribution in [0.2, 0.25) is 0 Å². The minimum atomic E-state index is 0.794. The summed E-state index contributed by atoms with van der Waals surface area (Å²) >= 11 is 0. The molecule has 0 radical (unpaired) electrons. The summed E-state index contributed by atoms with van der Waals surface area (Å²) in [6.45, 7) is 6.35. The van der Waals surface area contributed by atoms with Crippen molar-refractivity contribution in [3.8, 4) is 22.6 Å². The Morgan fingerprint density at radius 3 is 1.74 bits per heavy atom. The molecule has 0 unspecified atom stereocenters. The summed E-state index contributed by atoms with van der Waals surface area (Å²) in [5, 5.41) is 0. The number of benzene rings is 2. The Kier molecular flexibility index (Phi) is 4.52. The zero-order chi connectivity index (χ0) is 16.2. The molecular weight excluding hydrogens is 280 g/mol. The Morgan fingerprint density at radius 2 is 1.22 bits per heavy atom. The van der Waals surface area contributed by atoms with Gasteiger partial charge in [-0.3, -0.25) is 0 Å². The zero-order valence-corrected chi connectivity index (χ0v) is 14.0. The number of hydrogen-bond donors (Lipinski definition) is 0. The molecule has 3 rings (SSSR count). The zero-order valence-electron chi connectivity index (χ0n) is 14.0. The smallest absolute Gasteiger partial charge is 0.160 e. The second-order valence-corrected chi connectivity index (χ2v) is 5.82. The van der Waals surface area contributed by atoms with Gasteiger partial charge in [0.05, 0.1) is 5.69 Å². The Morgan fingerprint density at radius 1 is 0.696 bits per heavy atom. The van der Waals surface area contributed by atoms with E-state index in [1.807, 2.05) is 13.0 Å². The van der Waals surface area contributed by atoms with Gasteiger partial charge < -0.3 is 0 Å². The van der Waals surface area contributed by atoms with Crippen LogP contribution in [0.1, 0.15) is 30.7 Å². The van der Waals surface area contributed by atoms with Crippen LogP contribution >= 0.6 is 0 Å². The summed E-state index contributed by atoms with van der Waals surface area (Å²) in [5.74, 6) is 0.794. The molecule has 1 aromatic heterocycles. The largest absolute Gasteiger partial charge is 0.233 e. The molecule has 0 bridgehead atoms. The maximum absolute atomic E-state index is 4.77. The lowest BCUT2D eigenvalue weighted by Gasteiger charge is -2.08. The quantitative estimate of drug-likeness (QED) is 0.658. The molecule has 0 N–H and O–H groups in total. The van der Waals surface area contributed by atoms with Gasteiger partial charge in [0.1, 0.15) is 0 Å². The lowest BCUT2D eigenvalue weighted by atomic mass is 10.1. The first-order chi connectivity index (χ1) is 11.2. The van der Waals surface area contributed by atoms with Gasteiger partial charge in [-0.2, -0.15) is 0 Å². The average molecular weight is 302 g/mol. The summed E-state index contributed by atoms with van der Waals surface area (Å²) in [6.07, 6.45) is 2.10. The third-order valence-electron chi connectivity index (χ3n) is 4.13. The summed E-state index contributed by atoms with van der Waals surface area (Å²) in [7, 11) is 0. The summed E-state index contributed by atoms with van der Waals surface area (Å²) < 4.78 is 0. The van der Waals surface area contributed by atoms with Crippen LogP contribution in [0.4, 0.5) is 0 Å². The molecule has 2 heteroatoms. The molecule has 2 aromatic carbocycles. The standard InChI is InChI=1S/C21H22N2/c1-4-16-6-10-18(11-7-16)20-14-15(3)22-21(23-20)19-12-8-17(5-2)9-13-19/h6-14H,4-5H2,1-3H3. The molecule has 0 amide bonds. The van der Waals surface area contributed by atoms with Gasteiger partial charge in [0.15, 0.2) is 5.82 Å². The van der Waals surface area contributed by atoms with Crippen molar-refractivity contribution in [3.63, 3.8) is 0 Å². The maximum Gasteiger partial charge on any atom is 0.160 e. The van der Waals surface area contributed by atoms with Crippen LogP contribution in [0.3, 0.4) is 0 Å². The highest BCUT2D eigenvalue weighted by molar-refractivity contribution is 5.64. The SMILES string of the molecule is CCc1ccc(-c2cc(C)nc(-c3ccc(CC)cc3)n2)cc1. The molecular formula is C21H22N2. The molecule has 2 nitrogen and oxygen atoms in total. The van der Waals surface area contributed by atoms with E-state index in [2.05, 4.69) is 67.4 Å². The van der Waals surface area contributed by atoms with Gasteiger partial charge in [0.25, 0.3) is 0 Å². The van der Waals surface area contributed by atoms with E-state index in [1.165, 1.54) is 11.1 Å². The number of nitrogens with zero attached hydrogens (tertiary/aromatic N) is 2. The highest BCUT2D eigenvalue weighted by Crippen LogP contribution is 2.23. The second-order valence-electron chi connectivity index (χ2n) is 5.82. The molecule has 0 saturated carbocycles. The predicted molar refractivity (Wildman–Crippen MR) is 96.4 cm³/mol. The third-order valence-corrected chi connectivity index (χ3v) is 4.13. The summed E-state index contributed by atoms with van der Waals surface area (Å²) in [6, 6.07) is 19.2.